The molecule has 1 saturated heterocycles. The minimum absolute atomic E-state index is 0.0716. The van der Waals surface area contributed by atoms with Gasteiger partial charge >= 0.3 is 0 Å². The van der Waals surface area contributed by atoms with Crippen molar-refractivity contribution in [2.24, 2.45) is 0 Å². The van der Waals surface area contributed by atoms with Gasteiger partial charge in [-0.05, 0) is 42.2 Å². The predicted molar refractivity (Wildman–Crippen MR) is 115 cm³/mol. The second-order valence-electron chi connectivity index (χ2n) is 8.46. The summed E-state index contributed by atoms with van der Waals surface area (Å²) in [6.07, 6.45) is 2.36. The Labute approximate surface area is 184 Å². The van der Waals surface area contributed by atoms with Crippen molar-refractivity contribution < 1.29 is 17.9 Å². The number of ether oxygens (including phenoxy) is 1. The topological polar surface area (TPSA) is 57.3 Å². The molecule has 0 saturated carbocycles. The molecule has 2 aliphatic heterocycles. The van der Waals surface area contributed by atoms with Crippen molar-refractivity contribution in [3.05, 3.63) is 53.5 Å². The van der Waals surface area contributed by atoms with Crippen LogP contribution in [-0.2, 0) is 6.42 Å². The third-order valence-corrected chi connectivity index (χ3v) is 6.33. The molecule has 1 aromatic carbocycles. The van der Waals surface area contributed by atoms with Crippen LogP contribution in [0.5, 0.6) is 5.75 Å². The molecule has 1 fully saturated rings. The molecule has 0 radical (unpaired) electrons. The van der Waals surface area contributed by atoms with Crippen LogP contribution in [0.3, 0.4) is 0 Å². The van der Waals surface area contributed by atoms with Gasteiger partial charge in [0.1, 0.15) is 11.9 Å². The second-order valence-corrected chi connectivity index (χ2v) is 8.46. The molecule has 0 spiro atoms. The van der Waals surface area contributed by atoms with E-state index in [0.717, 1.165) is 47.4 Å². The van der Waals surface area contributed by atoms with E-state index in [1.54, 1.807) is 17.3 Å². The lowest BCUT2D eigenvalue weighted by molar-refractivity contribution is 0.0181. The highest BCUT2D eigenvalue weighted by Crippen LogP contribution is 2.38. The first-order valence-corrected chi connectivity index (χ1v) is 11.0. The molecule has 6 nitrogen and oxygen atoms in total. The van der Waals surface area contributed by atoms with E-state index in [0.29, 0.717) is 25.1 Å². The van der Waals surface area contributed by atoms with E-state index >= 15 is 0 Å². The molecule has 2 aromatic heterocycles. The number of hydrogen-bond acceptors (Lipinski definition) is 5. The Bertz CT molecular complexity index is 1050. The molecular formula is C23H26F3N5O. The number of halogens is 3. The van der Waals surface area contributed by atoms with Gasteiger partial charge in [-0.15, -0.1) is 0 Å². The monoisotopic (exact) mass is 445 g/mol. The summed E-state index contributed by atoms with van der Waals surface area (Å²) in [5, 5.41) is 8.15. The maximum atomic E-state index is 13.3. The van der Waals surface area contributed by atoms with E-state index in [-0.39, 0.29) is 25.4 Å². The summed E-state index contributed by atoms with van der Waals surface area (Å²) < 4.78 is 44.9. The smallest absolute Gasteiger partial charge is 0.251 e. The van der Waals surface area contributed by atoms with Gasteiger partial charge in [0, 0.05) is 31.6 Å². The summed E-state index contributed by atoms with van der Waals surface area (Å²) in [6, 6.07) is 7.32. The van der Waals surface area contributed by atoms with Crippen LogP contribution >= 0.6 is 0 Å². The maximum Gasteiger partial charge on any atom is 0.251 e. The molecule has 0 bridgehead atoms. The summed E-state index contributed by atoms with van der Waals surface area (Å²) in [5.41, 5.74) is 3.80. The largest absolute Gasteiger partial charge is 0.486 e. The first-order valence-electron chi connectivity index (χ1n) is 11.0. The summed E-state index contributed by atoms with van der Waals surface area (Å²) in [6.45, 7) is 2.24. The van der Waals surface area contributed by atoms with E-state index in [1.165, 1.54) is 0 Å². The predicted octanol–water partition coefficient (Wildman–Crippen LogP) is 3.59. The fraction of sp³-hybridized carbons (Fsp3) is 0.478. The minimum Gasteiger partial charge on any atom is -0.486 e. The third kappa shape index (κ3) is 4.19. The number of alkyl halides is 3. The van der Waals surface area contributed by atoms with Gasteiger partial charge in [0.25, 0.3) is 6.43 Å². The number of hydrogen-bond donors (Lipinski definition) is 1. The molecule has 0 amide bonds. The summed E-state index contributed by atoms with van der Waals surface area (Å²) in [4.78, 5) is 8.57. The van der Waals surface area contributed by atoms with Crippen molar-refractivity contribution in [1.82, 2.24) is 25.0 Å². The number of nitrogens with one attached hydrogen (secondary N) is 1. The highest BCUT2D eigenvalue weighted by Gasteiger charge is 2.33. The zero-order valence-electron chi connectivity index (χ0n) is 17.7. The van der Waals surface area contributed by atoms with E-state index in [1.807, 2.05) is 24.3 Å². The van der Waals surface area contributed by atoms with Crippen molar-refractivity contribution in [1.29, 1.82) is 0 Å². The Hall–Kier alpha value is -2.65. The molecular weight excluding hydrogens is 419 g/mol. The Morgan fingerprint density at radius 1 is 1.16 bits per heavy atom. The number of fused-ring (bicyclic) bond motifs is 3. The molecule has 1 N–H and O–H groups in total. The van der Waals surface area contributed by atoms with Gasteiger partial charge in [-0.1, -0.05) is 6.07 Å². The normalized spacial score (nSPS) is 19.9. The summed E-state index contributed by atoms with van der Waals surface area (Å²) >= 11 is 0. The maximum absolute atomic E-state index is 13.3. The molecule has 170 valence electrons. The van der Waals surface area contributed by atoms with Crippen molar-refractivity contribution in [3.8, 4) is 5.75 Å². The van der Waals surface area contributed by atoms with Gasteiger partial charge in [-0.3, -0.25) is 24.3 Å². The van der Waals surface area contributed by atoms with E-state index in [4.69, 9.17) is 4.74 Å². The van der Waals surface area contributed by atoms with Crippen LogP contribution in [0.15, 0.2) is 36.7 Å². The van der Waals surface area contributed by atoms with Crippen LogP contribution in [0.25, 0.3) is 10.9 Å². The standard InChI is InChI=1S/C23H26F3N5O/c24-7-1-8-30-12-16(13-30)32-15-2-4-21(27-10-15)23-18-3-5-20-19(11-28-29-20)17(18)6-9-31(23)14-22(25)26/h2-5,10-11,16,22-23H,1,6-9,12-14H2,(H,28,29). The van der Waals surface area contributed by atoms with Gasteiger partial charge < -0.3 is 4.74 Å². The van der Waals surface area contributed by atoms with Crippen LogP contribution < -0.4 is 4.74 Å². The SMILES string of the molecule is FCCCN1CC(Oc2ccc(C3c4ccc5[nH]ncc5c4CCN3CC(F)F)nc2)C1. The number of pyridine rings is 1. The van der Waals surface area contributed by atoms with Crippen LogP contribution in [0.2, 0.25) is 0 Å². The Balaban J connectivity index is 1.36. The van der Waals surface area contributed by atoms with E-state index in [9.17, 15) is 13.2 Å². The Kier molecular flexibility index (Phi) is 6.01. The Morgan fingerprint density at radius 3 is 2.78 bits per heavy atom. The number of aromatic nitrogens is 3. The molecule has 32 heavy (non-hydrogen) atoms. The average molecular weight is 445 g/mol. The zero-order valence-corrected chi connectivity index (χ0v) is 17.7. The minimum atomic E-state index is -2.42. The molecule has 1 atom stereocenters. The lowest BCUT2D eigenvalue weighted by atomic mass is 9.88. The molecule has 9 heteroatoms. The molecule has 4 heterocycles. The van der Waals surface area contributed by atoms with Crippen LogP contribution in [0, 0.1) is 0 Å². The summed E-state index contributed by atoms with van der Waals surface area (Å²) in [5.74, 6) is 0.658. The molecule has 3 aromatic rings. The number of benzene rings is 1. The number of nitrogens with zero attached hydrogens (tertiary/aromatic N) is 4. The first kappa shape index (κ1) is 21.2. The van der Waals surface area contributed by atoms with Gasteiger partial charge in [0.15, 0.2) is 0 Å². The van der Waals surface area contributed by atoms with Crippen molar-refractivity contribution in [2.45, 2.75) is 31.4 Å². The lowest BCUT2D eigenvalue weighted by Crippen LogP contribution is -2.53. The fourth-order valence-electron chi connectivity index (χ4n) is 4.81. The van der Waals surface area contributed by atoms with Gasteiger partial charge in [0.05, 0.1) is 42.9 Å². The fourth-order valence-corrected chi connectivity index (χ4v) is 4.81. The van der Waals surface area contributed by atoms with E-state index in [2.05, 4.69) is 20.1 Å². The van der Waals surface area contributed by atoms with Crippen molar-refractivity contribution >= 4 is 10.9 Å². The van der Waals surface area contributed by atoms with Crippen LogP contribution in [0.1, 0.15) is 29.3 Å². The van der Waals surface area contributed by atoms with Crippen LogP contribution in [0.4, 0.5) is 13.2 Å². The Morgan fingerprint density at radius 2 is 2.03 bits per heavy atom. The molecule has 5 rings (SSSR count). The number of H-pyrrole nitrogens is 1. The zero-order chi connectivity index (χ0) is 22.1. The molecule has 2 aliphatic rings. The van der Waals surface area contributed by atoms with Crippen molar-refractivity contribution in [2.75, 3.05) is 39.4 Å². The van der Waals surface area contributed by atoms with Gasteiger partial charge in [0.2, 0.25) is 0 Å². The quantitative estimate of drug-likeness (QED) is 0.574. The number of rotatable bonds is 8. The second kappa shape index (κ2) is 9.07. The summed E-state index contributed by atoms with van der Waals surface area (Å²) in [7, 11) is 0. The van der Waals surface area contributed by atoms with E-state index < -0.39 is 6.43 Å². The van der Waals surface area contributed by atoms with Crippen LogP contribution in [-0.4, -0.2) is 76.9 Å². The third-order valence-electron chi connectivity index (χ3n) is 6.33. The number of aromatic amines is 1. The molecule has 1 unspecified atom stereocenters. The molecule has 0 aliphatic carbocycles. The van der Waals surface area contributed by atoms with Gasteiger partial charge in [-0.25, -0.2) is 8.78 Å². The highest BCUT2D eigenvalue weighted by atomic mass is 19.3. The highest BCUT2D eigenvalue weighted by molar-refractivity contribution is 5.83. The first-order chi connectivity index (χ1) is 15.6. The number of likely N-dealkylation sites (tertiary alicyclic amines) is 1. The average Bonchev–Trinajstić information content (AvgIpc) is 3.24. The lowest BCUT2D eigenvalue weighted by Gasteiger charge is -2.39. The van der Waals surface area contributed by atoms with Gasteiger partial charge in [-0.2, -0.15) is 5.10 Å². The van der Waals surface area contributed by atoms with Crippen molar-refractivity contribution in [3.63, 3.8) is 0 Å².